The predicted octanol–water partition coefficient (Wildman–Crippen LogP) is 2.73. The van der Waals surface area contributed by atoms with Crippen LogP contribution < -0.4 is 20.5 Å². The number of ether oxygens (including phenoxy) is 2. The molecule has 0 aliphatic carbocycles. The number of benzene rings is 2. The van der Waals surface area contributed by atoms with Crippen LogP contribution in [0.25, 0.3) is 10.9 Å². The van der Waals surface area contributed by atoms with Crippen molar-refractivity contribution in [2.45, 2.75) is 6.42 Å². The lowest BCUT2D eigenvalue weighted by atomic mass is 10.1. The highest BCUT2D eigenvalue weighted by Gasteiger charge is 2.14. The van der Waals surface area contributed by atoms with Gasteiger partial charge in [-0.05, 0) is 24.3 Å². The van der Waals surface area contributed by atoms with Gasteiger partial charge in [-0.15, -0.1) is 0 Å². The van der Waals surface area contributed by atoms with E-state index in [1.54, 1.807) is 24.3 Å². The maximum absolute atomic E-state index is 12.2. The van der Waals surface area contributed by atoms with Gasteiger partial charge in [-0.1, -0.05) is 18.2 Å². The number of hydrogen-bond acceptors (Lipinski definition) is 5. The van der Waals surface area contributed by atoms with Crippen molar-refractivity contribution in [2.75, 3.05) is 17.8 Å². The third-order valence-corrected chi connectivity index (χ3v) is 3.81. The first-order valence-corrected chi connectivity index (χ1v) is 7.53. The fraction of sp³-hybridized carbons (Fsp3) is 0.111. The van der Waals surface area contributed by atoms with E-state index in [1.807, 2.05) is 24.3 Å². The molecular weight excluding hydrogens is 306 g/mol. The molecular formula is C18H15N3O3. The second-order valence-corrected chi connectivity index (χ2v) is 5.51. The number of nitrogen functional groups attached to an aromatic ring is 1. The number of hydrogen-bond donors (Lipinski definition) is 2. The molecule has 6 nitrogen and oxygen atoms in total. The summed E-state index contributed by atoms with van der Waals surface area (Å²) in [5.74, 6) is 1.15. The van der Waals surface area contributed by atoms with E-state index in [-0.39, 0.29) is 19.1 Å². The van der Waals surface area contributed by atoms with Crippen molar-refractivity contribution in [3.8, 4) is 11.5 Å². The fourth-order valence-corrected chi connectivity index (χ4v) is 2.65. The van der Waals surface area contributed by atoms with Gasteiger partial charge in [-0.3, -0.25) is 9.78 Å². The van der Waals surface area contributed by atoms with Gasteiger partial charge >= 0.3 is 0 Å². The summed E-state index contributed by atoms with van der Waals surface area (Å²) in [5.41, 5.74) is 8.58. The number of rotatable bonds is 3. The number of nitrogens with one attached hydrogen (secondary N) is 1. The van der Waals surface area contributed by atoms with Crippen LogP contribution in [0.1, 0.15) is 5.69 Å². The summed E-state index contributed by atoms with van der Waals surface area (Å²) in [7, 11) is 0. The van der Waals surface area contributed by atoms with E-state index in [9.17, 15) is 4.79 Å². The number of anilines is 2. The average Bonchev–Trinajstić information content (AvgIpc) is 3.03. The molecule has 2 aromatic carbocycles. The molecule has 0 radical (unpaired) electrons. The number of nitrogens with zero attached hydrogens (tertiary/aromatic N) is 1. The standard InChI is InChI=1S/C18H15N3O3/c19-14-3-1-2-11-4-5-13(21-18(11)14)9-17(22)20-12-6-7-15-16(8-12)24-10-23-15/h1-8H,9-10,19H2,(H,20,22). The Morgan fingerprint density at radius 2 is 2.00 bits per heavy atom. The van der Waals surface area contributed by atoms with Crippen LogP contribution in [0.4, 0.5) is 11.4 Å². The van der Waals surface area contributed by atoms with Gasteiger partial charge in [0.25, 0.3) is 0 Å². The first kappa shape index (κ1) is 14.3. The zero-order valence-electron chi connectivity index (χ0n) is 12.8. The van der Waals surface area contributed by atoms with Crippen LogP contribution in [0.2, 0.25) is 0 Å². The van der Waals surface area contributed by atoms with Crippen LogP contribution in [-0.4, -0.2) is 17.7 Å². The lowest BCUT2D eigenvalue weighted by molar-refractivity contribution is -0.115. The molecule has 3 aromatic rings. The van der Waals surface area contributed by atoms with Crippen molar-refractivity contribution in [3.05, 3.63) is 54.2 Å². The average molecular weight is 321 g/mol. The summed E-state index contributed by atoms with van der Waals surface area (Å²) < 4.78 is 10.5. The highest BCUT2D eigenvalue weighted by molar-refractivity contribution is 5.93. The van der Waals surface area contributed by atoms with Crippen LogP contribution >= 0.6 is 0 Å². The number of nitrogens with two attached hydrogens (primary N) is 1. The molecule has 1 aliphatic heterocycles. The molecule has 1 aliphatic rings. The Morgan fingerprint density at radius 3 is 2.92 bits per heavy atom. The van der Waals surface area contributed by atoms with Gasteiger partial charge in [0.05, 0.1) is 23.3 Å². The molecule has 3 N–H and O–H groups in total. The Balaban J connectivity index is 1.51. The minimum Gasteiger partial charge on any atom is -0.454 e. The van der Waals surface area contributed by atoms with Crippen LogP contribution in [0.3, 0.4) is 0 Å². The van der Waals surface area contributed by atoms with E-state index in [1.165, 1.54) is 0 Å². The summed E-state index contributed by atoms with van der Waals surface area (Å²) in [6.45, 7) is 0.204. The van der Waals surface area contributed by atoms with E-state index in [0.29, 0.717) is 34.1 Å². The van der Waals surface area contributed by atoms with Crippen LogP contribution in [0.15, 0.2) is 48.5 Å². The number of fused-ring (bicyclic) bond motifs is 2. The highest BCUT2D eigenvalue weighted by Crippen LogP contribution is 2.34. The largest absolute Gasteiger partial charge is 0.454 e. The van der Waals surface area contributed by atoms with E-state index >= 15 is 0 Å². The molecule has 0 unspecified atom stereocenters. The molecule has 0 fully saturated rings. The van der Waals surface area contributed by atoms with Gasteiger partial charge in [0.15, 0.2) is 11.5 Å². The predicted molar refractivity (Wildman–Crippen MR) is 91.1 cm³/mol. The van der Waals surface area contributed by atoms with Gasteiger partial charge in [0, 0.05) is 17.1 Å². The monoisotopic (exact) mass is 321 g/mol. The summed E-state index contributed by atoms with van der Waals surface area (Å²) in [6.07, 6.45) is 0.165. The van der Waals surface area contributed by atoms with Gasteiger partial charge in [0.1, 0.15) is 0 Å². The van der Waals surface area contributed by atoms with E-state index < -0.39 is 0 Å². The maximum Gasteiger partial charge on any atom is 0.231 e. The zero-order valence-corrected chi connectivity index (χ0v) is 12.8. The number of carbonyl (C=O) groups excluding carboxylic acids is 1. The minimum absolute atomic E-state index is 0.157. The molecule has 1 aromatic heterocycles. The Hall–Kier alpha value is -3.28. The molecule has 1 amide bonds. The first-order valence-electron chi connectivity index (χ1n) is 7.53. The van der Waals surface area contributed by atoms with Crippen LogP contribution in [0, 0.1) is 0 Å². The summed E-state index contributed by atoms with van der Waals surface area (Å²) in [4.78, 5) is 16.7. The van der Waals surface area contributed by atoms with Crippen molar-refractivity contribution in [2.24, 2.45) is 0 Å². The lowest BCUT2D eigenvalue weighted by Gasteiger charge is -2.07. The smallest absolute Gasteiger partial charge is 0.231 e. The van der Waals surface area contributed by atoms with Crippen molar-refractivity contribution < 1.29 is 14.3 Å². The number of carbonyl (C=O) groups is 1. The van der Waals surface area contributed by atoms with Gasteiger partial charge < -0.3 is 20.5 Å². The third kappa shape index (κ3) is 2.69. The van der Waals surface area contributed by atoms with Gasteiger partial charge in [0.2, 0.25) is 12.7 Å². The Kier molecular flexibility index (Phi) is 3.42. The summed E-state index contributed by atoms with van der Waals surface area (Å²) in [6, 6.07) is 14.7. The van der Waals surface area contributed by atoms with Gasteiger partial charge in [-0.25, -0.2) is 0 Å². The zero-order chi connectivity index (χ0) is 16.5. The van der Waals surface area contributed by atoms with Crippen LogP contribution in [0.5, 0.6) is 11.5 Å². The van der Waals surface area contributed by atoms with Crippen LogP contribution in [-0.2, 0) is 11.2 Å². The second-order valence-electron chi connectivity index (χ2n) is 5.51. The summed E-state index contributed by atoms with van der Waals surface area (Å²) >= 11 is 0. The fourth-order valence-electron chi connectivity index (χ4n) is 2.65. The molecule has 4 rings (SSSR count). The number of amides is 1. The molecule has 0 atom stereocenters. The maximum atomic E-state index is 12.2. The molecule has 0 spiro atoms. The number of para-hydroxylation sites is 1. The van der Waals surface area contributed by atoms with Crippen molar-refractivity contribution in [1.29, 1.82) is 0 Å². The highest BCUT2D eigenvalue weighted by atomic mass is 16.7. The van der Waals surface area contributed by atoms with Crippen molar-refractivity contribution >= 4 is 28.2 Å². The lowest BCUT2D eigenvalue weighted by Crippen LogP contribution is -2.15. The Morgan fingerprint density at radius 1 is 1.12 bits per heavy atom. The SMILES string of the molecule is Nc1cccc2ccc(CC(=O)Nc3ccc4c(c3)OCO4)nc12. The van der Waals surface area contributed by atoms with Crippen molar-refractivity contribution in [1.82, 2.24) is 4.98 Å². The molecule has 2 heterocycles. The molecule has 0 saturated heterocycles. The Bertz CT molecular complexity index is 940. The molecule has 120 valence electrons. The number of pyridine rings is 1. The van der Waals surface area contributed by atoms with Gasteiger partial charge in [-0.2, -0.15) is 0 Å². The first-order chi connectivity index (χ1) is 11.7. The Labute approximate surface area is 138 Å². The summed E-state index contributed by atoms with van der Waals surface area (Å²) in [5, 5.41) is 3.79. The van der Waals surface area contributed by atoms with E-state index in [0.717, 1.165) is 5.39 Å². The van der Waals surface area contributed by atoms with Crippen molar-refractivity contribution in [3.63, 3.8) is 0 Å². The molecule has 6 heteroatoms. The minimum atomic E-state index is -0.157. The van der Waals surface area contributed by atoms with E-state index in [4.69, 9.17) is 15.2 Å². The third-order valence-electron chi connectivity index (χ3n) is 3.81. The normalized spacial score (nSPS) is 12.3. The molecule has 24 heavy (non-hydrogen) atoms. The number of aromatic nitrogens is 1. The van der Waals surface area contributed by atoms with E-state index in [2.05, 4.69) is 10.3 Å². The topological polar surface area (TPSA) is 86.5 Å². The molecule has 0 bridgehead atoms. The quantitative estimate of drug-likeness (QED) is 0.724. The molecule has 0 saturated carbocycles. The second kappa shape index (κ2) is 5.73.